The number of hydrogen-bond donors (Lipinski definition) is 2. The number of carboxylic acids is 1. The highest BCUT2D eigenvalue weighted by molar-refractivity contribution is 5.84. The summed E-state index contributed by atoms with van der Waals surface area (Å²) in [6, 6.07) is 4.41. The molecule has 1 aromatic carbocycles. The van der Waals surface area contributed by atoms with Gasteiger partial charge in [0.15, 0.2) is 6.61 Å². The highest BCUT2D eigenvalue weighted by atomic mass is 16.5. The molecule has 1 aromatic rings. The molecule has 1 atom stereocenters. The Labute approximate surface area is 130 Å². The zero-order valence-electron chi connectivity index (χ0n) is 13.6. The first kappa shape index (κ1) is 17.8. The van der Waals surface area contributed by atoms with Gasteiger partial charge in [0.25, 0.3) is 5.91 Å². The van der Waals surface area contributed by atoms with E-state index in [-0.39, 0.29) is 12.0 Å². The molecular formula is C16H23NO5. The Bertz CT molecular complexity index is 548. The van der Waals surface area contributed by atoms with Crippen LogP contribution in [-0.2, 0) is 15.0 Å². The van der Waals surface area contributed by atoms with Gasteiger partial charge in [-0.25, -0.2) is 0 Å². The van der Waals surface area contributed by atoms with E-state index in [0.717, 1.165) is 5.56 Å². The van der Waals surface area contributed by atoms with Crippen LogP contribution in [0.3, 0.4) is 0 Å². The molecule has 0 radical (unpaired) electrons. The van der Waals surface area contributed by atoms with Crippen LogP contribution in [0, 0.1) is 0 Å². The van der Waals surface area contributed by atoms with E-state index < -0.39 is 17.9 Å². The smallest absolute Gasteiger partial charge is 0.325 e. The Kier molecular flexibility index (Phi) is 5.79. The molecule has 22 heavy (non-hydrogen) atoms. The summed E-state index contributed by atoms with van der Waals surface area (Å²) in [4.78, 5) is 22.4. The topological polar surface area (TPSA) is 84.9 Å². The number of carbonyl (C=O) groups excluding carboxylic acids is 1. The Morgan fingerprint density at radius 2 is 1.95 bits per heavy atom. The fourth-order valence-electron chi connectivity index (χ4n) is 1.84. The van der Waals surface area contributed by atoms with Crippen LogP contribution in [0.15, 0.2) is 18.2 Å². The molecule has 0 saturated heterocycles. The number of ether oxygens (including phenoxy) is 2. The molecule has 0 aliphatic rings. The zero-order valence-corrected chi connectivity index (χ0v) is 13.6. The number of hydrogen-bond acceptors (Lipinski definition) is 4. The summed E-state index contributed by atoms with van der Waals surface area (Å²) in [5.74, 6) is -0.286. The van der Waals surface area contributed by atoms with Crippen molar-refractivity contribution in [1.82, 2.24) is 5.32 Å². The standard InChI is InChI=1S/C16H23NO5/c1-10(15(19)20)17-14(18)9-22-13-7-6-11(21-5)8-12(13)16(2,3)4/h6-8,10H,9H2,1-5H3,(H,17,18)(H,19,20). The fraction of sp³-hybridized carbons (Fsp3) is 0.500. The third-order valence-corrected chi connectivity index (χ3v) is 3.10. The van der Waals surface area contributed by atoms with E-state index in [4.69, 9.17) is 14.6 Å². The van der Waals surface area contributed by atoms with Gasteiger partial charge in [0.05, 0.1) is 7.11 Å². The van der Waals surface area contributed by atoms with Gasteiger partial charge >= 0.3 is 5.97 Å². The molecule has 1 amide bonds. The first-order chi connectivity index (χ1) is 10.1. The maximum absolute atomic E-state index is 11.7. The van der Waals surface area contributed by atoms with Crippen molar-refractivity contribution in [2.75, 3.05) is 13.7 Å². The lowest BCUT2D eigenvalue weighted by Crippen LogP contribution is -2.40. The van der Waals surface area contributed by atoms with Crippen molar-refractivity contribution in [3.05, 3.63) is 23.8 Å². The van der Waals surface area contributed by atoms with Crippen LogP contribution in [-0.4, -0.2) is 36.7 Å². The van der Waals surface area contributed by atoms with E-state index >= 15 is 0 Å². The number of benzene rings is 1. The van der Waals surface area contributed by atoms with E-state index in [1.807, 2.05) is 26.8 Å². The fourth-order valence-corrected chi connectivity index (χ4v) is 1.84. The SMILES string of the molecule is COc1ccc(OCC(=O)NC(C)C(=O)O)c(C(C)(C)C)c1. The molecule has 1 unspecified atom stereocenters. The molecule has 1 rings (SSSR count). The van der Waals surface area contributed by atoms with Crippen LogP contribution in [0.5, 0.6) is 11.5 Å². The van der Waals surface area contributed by atoms with Gasteiger partial charge < -0.3 is 19.9 Å². The Morgan fingerprint density at radius 3 is 2.45 bits per heavy atom. The summed E-state index contributed by atoms with van der Waals surface area (Å²) in [5.41, 5.74) is 0.722. The Morgan fingerprint density at radius 1 is 1.32 bits per heavy atom. The molecule has 0 aromatic heterocycles. The molecule has 0 aliphatic carbocycles. The number of carbonyl (C=O) groups is 2. The van der Waals surface area contributed by atoms with Crippen LogP contribution >= 0.6 is 0 Å². The van der Waals surface area contributed by atoms with Gasteiger partial charge in [-0.05, 0) is 30.5 Å². The normalized spacial score (nSPS) is 12.4. The van der Waals surface area contributed by atoms with Crippen molar-refractivity contribution in [2.45, 2.75) is 39.2 Å². The number of amides is 1. The molecule has 0 bridgehead atoms. The molecule has 0 saturated carbocycles. The Hall–Kier alpha value is -2.24. The van der Waals surface area contributed by atoms with Gasteiger partial charge in [0.1, 0.15) is 17.5 Å². The van der Waals surface area contributed by atoms with E-state index in [0.29, 0.717) is 11.5 Å². The number of methoxy groups -OCH3 is 1. The maximum atomic E-state index is 11.7. The van der Waals surface area contributed by atoms with Crippen LogP contribution < -0.4 is 14.8 Å². The first-order valence-corrected chi connectivity index (χ1v) is 6.98. The molecule has 0 heterocycles. The predicted molar refractivity (Wildman–Crippen MR) is 82.4 cm³/mol. The lowest BCUT2D eigenvalue weighted by atomic mass is 9.86. The van der Waals surface area contributed by atoms with Crippen molar-refractivity contribution in [2.24, 2.45) is 0 Å². The van der Waals surface area contributed by atoms with Gasteiger partial charge in [0, 0.05) is 5.56 Å². The Balaban J connectivity index is 2.81. The van der Waals surface area contributed by atoms with Crippen molar-refractivity contribution in [3.63, 3.8) is 0 Å². The molecule has 0 fully saturated rings. The minimum Gasteiger partial charge on any atom is -0.497 e. The lowest BCUT2D eigenvalue weighted by molar-refractivity contribution is -0.141. The van der Waals surface area contributed by atoms with E-state index in [9.17, 15) is 9.59 Å². The molecule has 0 spiro atoms. The number of rotatable bonds is 6. The van der Waals surface area contributed by atoms with Gasteiger partial charge in [0.2, 0.25) is 0 Å². The third-order valence-electron chi connectivity index (χ3n) is 3.10. The summed E-state index contributed by atoms with van der Waals surface area (Å²) >= 11 is 0. The number of carboxylic acid groups (broad SMARTS) is 1. The summed E-state index contributed by atoms with van der Waals surface area (Å²) in [6.07, 6.45) is 0. The minimum absolute atomic E-state index is 0.186. The van der Waals surface area contributed by atoms with Crippen LogP contribution in [0.1, 0.15) is 33.3 Å². The van der Waals surface area contributed by atoms with E-state index in [2.05, 4.69) is 5.32 Å². The van der Waals surface area contributed by atoms with Crippen molar-refractivity contribution >= 4 is 11.9 Å². The molecule has 6 heteroatoms. The van der Waals surface area contributed by atoms with Crippen LogP contribution in [0.4, 0.5) is 0 Å². The van der Waals surface area contributed by atoms with Crippen molar-refractivity contribution in [3.8, 4) is 11.5 Å². The first-order valence-electron chi connectivity index (χ1n) is 6.98. The average molecular weight is 309 g/mol. The third kappa shape index (κ3) is 4.95. The van der Waals surface area contributed by atoms with Gasteiger partial charge in [-0.1, -0.05) is 20.8 Å². The van der Waals surface area contributed by atoms with Crippen LogP contribution in [0.2, 0.25) is 0 Å². The largest absolute Gasteiger partial charge is 0.497 e. The second-order valence-corrected chi connectivity index (χ2v) is 6.03. The van der Waals surface area contributed by atoms with Gasteiger partial charge in [-0.15, -0.1) is 0 Å². The zero-order chi connectivity index (χ0) is 16.9. The van der Waals surface area contributed by atoms with E-state index in [1.165, 1.54) is 6.92 Å². The number of nitrogens with one attached hydrogen (secondary N) is 1. The van der Waals surface area contributed by atoms with Crippen LogP contribution in [0.25, 0.3) is 0 Å². The molecule has 6 nitrogen and oxygen atoms in total. The summed E-state index contributed by atoms with van der Waals surface area (Å²) < 4.78 is 10.8. The average Bonchev–Trinajstić information content (AvgIpc) is 2.43. The van der Waals surface area contributed by atoms with Crippen molar-refractivity contribution < 1.29 is 24.2 Å². The second kappa shape index (κ2) is 7.15. The molecular weight excluding hydrogens is 286 g/mol. The maximum Gasteiger partial charge on any atom is 0.325 e. The minimum atomic E-state index is -1.09. The summed E-state index contributed by atoms with van der Waals surface area (Å²) in [5, 5.41) is 11.1. The molecule has 122 valence electrons. The monoisotopic (exact) mass is 309 g/mol. The lowest BCUT2D eigenvalue weighted by Gasteiger charge is -2.23. The second-order valence-electron chi connectivity index (χ2n) is 6.03. The van der Waals surface area contributed by atoms with Crippen molar-refractivity contribution in [1.29, 1.82) is 0 Å². The number of aliphatic carboxylic acids is 1. The summed E-state index contributed by atoms with van der Waals surface area (Å²) in [7, 11) is 1.59. The van der Waals surface area contributed by atoms with Gasteiger partial charge in [-0.2, -0.15) is 0 Å². The highest BCUT2D eigenvalue weighted by Crippen LogP contribution is 2.34. The predicted octanol–water partition coefficient (Wildman–Crippen LogP) is 1.96. The van der Waals surface area contributed by atoms with Gasteiger partial charge in [-0.3, -0.25) is 9.59 Å². The quantitative estimate of drug-likeness (QED) is 0.839. The van der Waals surface area contributed by atoms with E-state index in [1.54, 1.807) is 19.2 Å². The molecule has 0 aliphatic heterocycles. The summed E-state index contributed by atoms with van der Waals surface area (Å²) in [6.45, 7) is 7.24. The highest BCUT2D eigenvalue weighted by Gasteiger charge is 2.21. The molecule has 2 N–H and O–H groups in total.